The van der Waals surface area contributed by atoms with E-state index in [-0.39, 0.29) is 24.0 Å². The van der Waals surface area contributed by atoms with Gasteiger partial charge in [-0.1, -0.05) is 37.3 Å². The molecule has 1 aromatic rings. The monoisotopic (exact) mass is 262 g/mol. The lowest BCUT2D eigenvalue weighted by Crippen LogP contribution is -2.47. The van der Waals surface area contributed by atoms with Gasteiger partial charge in [-0.25, -0.2) is 0 Å². The molecule has 1 amide bonds. The highest BCUT2D eigenvalue weighted by molar-refractivity contribution is 5.81. The van der Waals surface area contributed by atoms with Crippen molar-refractivity contribution in [1.29, 1.82) is 0 Å². The van der Waals surface area contributed by atoms with Gasteiger partial charge in [0.15, 0.2) is 0 Å². The summed E-state index contributed by atoms with van der Waals surface area (Å²) >= 11 is 0. The van der Waals surface area contributed by atoms with Crippen molar-refractivity contribution in [2.75, 3.05) is 13.2 Å². The standard InChI is InChI=1S/C15H22N2O2/c1-11-7-8-19-14(11)15(18)17-13(10-16)9-12-5-3-2-4-6-12/h2-6,11,13-14H,7-10,16H2,1H3,(H,17,18). The van der Waals surface area contributed by atoms with Crippen LogP contribution in [0.5, 0.6) is 0 Å². The Morgan fingerprint density at radius 2 is 2.21 bits per heavy atom. The van der Waals surface area contributed by atoms with Gasteiger partial charge in [0.2, 0.25) is 5.91 Å². The lowest BCUT2D eigenvalue weighted by atomic mass is 10.0. The van der Waals surface area contributed by atoms with Crippen molar-refractivity contribution < 1.29 is 9.53 Å². The summed E-state index contributed by atoms with van der Waals surface area (Å²) in [5.74, 6) is 0.256. The fraction of sp³-hybridized carbons (Fsp3) is 0.533. The Balaban J connectivity index is 1.90. The van der Waals surface area contributed by atoms with Crippen molar-refractivity contribution in [3.63, 3.8) is 0 Å². The molecule has 1 aliphatic heterocycles. The number of rotatable bonds is 5. The smallest absolute Gasteiger partial charge is 0.249 e. The van der Waals surface area contributed by atoms with E-state index in [4.69, 9.17) is 10.5 Å². The molecule has 0 aliphatic carbocycles. The minimum Gasteiger partial charge on any atom is -0.368 e. The van der Waals surface area contributed by atoms with E-state index in [0.29, 0.717) is 13.2 Å². The highest BCUT2D eigenvalue weighted by atomic mass is 16.5. The molecule has 1 aliphatic rings. The van der Waals surface area contributed by atoms with Crippen LogP contribution in [0, 0.1) is 5.92 Å². The van der Waals surface area contributed by atoms with E-state index in [0.717, 1.165) is 12.8 Å². The summed E-state index contributed by atoms with van der Waals surface area (Å²) in [6, 6.07) is 10.0. The average Bonchev–Trinajstić information content (AvgIpc) is 2.85. The van der Waals surface area contributed by atoms with Crippen LogP contribution in [0.4, 0.5) is 0 Å². The molecular weight excluding hydrogens is 240 g/mol. The molecule has 0 aromatic heterocycles. The van der Waals surface area contributed by atoms with Crippen molar-refractivity contribution >= 4 is 5.91 Å². The number of benzene rings is 1. The first-order chi connectivity index (χ1) is 9.20. The molecule has 3 atom stereocenters. The van der Waals surface area contributed by atoms with Crippen LogP contribution in [0.25, 0.3) is 0 Å². The fourth-order valence-corrected chi connectivity index (χ4v) is 2.41. The van der Waals surface area contributed by atoms with Crippen LogP contribution >= 0.6 is 0 Å². The molecule has 104 valence electrons. The largest absolute Gasteiger partial charge is 0.368 e. The molecule has 3 N–H and O–H groups in total. The lowest BCUT2D eigenvalue weighted by molar-refractivity contribution is -0.132. The predicted octanol–water partition coefficient (Wildman–Crippen LogP) is 1.10. The summed E-state index contributed by atoms with van der Waals surface area (Å²) in [7, 11) is 0. The molecule has 0 saturated carbocycles. The first-order valence-electron chi connectivity index (χ1n) is 6.86. The summed E-state index contributed by atoms with van der Waals surface area (Å²) in [6.45, 7) is 3.15. The number of nitrogens with two attached hydrogens (primary N) is 1. The van der Waals surface area contributed by atoms with Crippen LogP contribution in [-0.2, 0) is 16.0 Å². The van der Waals surface area contributed by atoms with Gasteiger partial charge in [-0.05, 0) is 24.3 Å². The third-order valence-electron chi connectivity index (χ3n) is 3.60. The molecule has 0 radical (unpaired) electrons. The van der Waals surface area contributed by atoms with Crippen molar-refractivity contribution in [2.24, 2.45) is 11.7 Å². The van der Waals surface area contributed by atoms with Crippen LogP contribution in [0.1, 0.15) is 18.9 Å². The highest BCUT2D eigenvalue weighted by Crippen LogP contribution is 2.20. The number of hydrogen-bond donors (Lipinski definition) is 2. The van der Waals surface area contributed by atoms with E-state index in [9.17, 15) is 4.79 Å². The SMILES string of the molecule is CC1CCOC1C(=O)NC(CN)Cc1ccccc1. The van der Waals surface area contributed by atoms with Crippen LogP contribution in [0.2, 0.25) is 0 Å². The van der Waals surface area contributed by atoms with Gasteiger partial charge in [-0.15, -0.1) is 0 Å². The van der Waals surface area contributed by atoms with Crippen molar-refractivity contribution in [2.45, 2.75) is 31.9 Å². The number of amides is 1. The summed E-state index contributed by atoms with van der Waals surface area (Å²) in [4.78, 5) is 12.1. The second-order valence-electron chi connectivity index (χ2n) is 5.19. The summed E-state index contributed by atoms with van der Waals surface area (Å²) < 4.78 is 5.47. The predicted molar refractivity (Wildman–Crippen MR) is 74.7 cm³/mol. The third kappa shape index (κ3) is 3.78. The maximum Gasteiger partial charge on any atom is 0.249 e. The first-order valence-corrected chi connectivity index (χ1v) is 6.86. The minimum absolute atomic E-state index is 0.0311. The lowest BCUT2D eigenvalue weighted by Gasteiger charge is -2.21. The van der Waals surface area contributed by atoms with Gasteiger partial charge in [-0.2, -0.15) is 0 Å². The fourth-order valence-electron chi connectivity index (χ4n) is 2.41. The van der Waals surface area contributed by atoms with Crippen LogP contribution in [0.3, 0.4) is 0 Å². The Kier molecular flexibility index (Phi) is 4.93. The van der Waals surface area contributed by atoms with Gasteiger partial charge in [0, 0.05) is 19.2 Å². The molecular formula is C15H22N2O2. The Labute approximate surface area is 114 Å². The Bertz CT molecular complexity index is 408. The molecule has 19 heavy (non-hydrogen) atoms. The molecule has 3 unspecified atom stereocenters. The third-order valence-corrected chi connectivity index (χ3v) is 3.60. The first kappa shape index (κ1) is 14.0. The van der Waals surface area contributed by atoms with Crippen molar-refractivity contribution in [3.8, 4) is 0 Å². The molecule has 4 heteroatoms. The van der Waals surface area contributed by atoms with E-state index in [1.165, 1.54) is 5.56 Å². The molecule has 1 saturated heterocycles. The molecule has 1 aromatic carbocycles. The van der Waals surface area contributed by atoms with Gasteiger partial charge in [-0.3, -0.25) is 4.79 Å². The molecule has 4 nitrogen and oxygen atoms in total. The van der Waals surface area contributed by atoms with E-state index < -0.39 is 0 Å². The van der Waals surface area contributed by atoms with Crippen LogP contribution in [-0.4, -0.2) is 31.2 Å². The van der Waals surface area contributed by atoms with E-state index in [1.807, 2.05) is 37.3 Å². The highest BCUT2D eigenvalue weighted by Gasteiger charge is 2.31. The van der Waals surface area contributed by atoms with Gasteiger partial charge >= 0.3 is 0 Å². The van der Waals surface area contributed by atoms with Crippen molar-refractivity contribution in [3.05, 3.63) is 35.9 Å². The maximum atomic E-state index is 12.1. The zero-order valence-corrected chi connectivity index (χ0v) is 11.3. The average molecular weight is 262 g/mol. The molecule has 2 rings (SSSR count). The number of hydrogen-bond acceptors (Lipinski definition) is 3. The Hall–Kier alpha value is -1.39. The number of carbonyl (C=O) groups excluding carboxylic acids is 1. The summed E-state index contributed by atoms with van der Waals surface area (Å²) in [6.07, 6.45) is 1.39. The van der Waals surface area contributed by atoms with Crippen LogP contribution in [0.15, 0.2) is 30.3 Å². The number of nitrogens with one attached hydrogen (secondary N) is 1. The van der Waals surface area contributed by atoms with Gasteiger partial charge in [0.1, 0.15) is 6.10 Å². The molecule has 0 spiro atoms. The normalized spacial score (nSPS) is 24.1. The second-order valence-corrected chi connectivity index (χ2v) is 5.19. The van der Waals surface area contributed by atoms with Crippen molar-refractivity contribution in [1.82, 2.24) is 5.32 Å². The minimum atomic E-state index is -0.315. The molecule has 1 heterocycles. The molecule has 1 fully saturated rings. The Morgan fingerprint density at radius 1 is 1.47 bits per heavy atom. The summed E-state index contributed by atoms with van der Waals surface area (Å²) in [5, 5.41) is 3.00. The quantitative estimate of drug-likeness (QED) is 0.835. The van der Waals surface area contributed by atoms with E-state index in [2.05, 4.69) is 5.32 Å². The summed E-state index contributed by atoms with van der Waals surface area (Å²) in [5.41, 5.74) is 6.93. The second kappa shape index (κ2) is 6.68. The van der Waals surface area contributed by atoms with E-state index in [1.54, 1.807) is 0 Å². The van der Waals surface area contributed by atoms with Gasteiger partial charge in [0.05, 0.1) is 0 Å². The van der Waals surface area contributed by atoms with Gasteiger partial charge in [0.25, 0.3) is 0 Å². The zero-order valence-electron chi connectivity index (χ0n) is 11.3. The van der Waals surface area contributed by atoms with E-state index >= 15 is 0 Å². The van der Waals surface area contributed by atoms with Gasteiger partial charge < -0.3 is 15.8 Å². The number of carbonyl (C=O) groups is 1. The topological polar surface area (TPSA) is 64.3 Å². The maximum absolute atomic E-state index is 12.1. The molecule has 0 bridgehead atoms. The zero-order chi connectivity index (χ0) is 13.7. The van der Waals surface area contributed by atoms with Crippen LogP contribution < -0.4 is 11.1 Å². The Morgan fingerprint density at radius 3 is 2.79 bits per heavy atom. The number of ether oxygens (including phenoxy) is 1.